The SMILES string of the molecule is CCN(CC)c1ccc(S(=O)(=O)N(CC)CC)cc1NC(=O)C1CC(=O)N(C2CC2)C1. The predicted molar refractivity (Wildman–Crippen MR) is 122 cm³/mol. The van der Waals surface area contributed by atoms with Gasteiger partial charge in [0.1, 0.15) is 0 Å². The maximum absolute atomic E-state index is 13.0. The molecule has 2 amide bonds. The molecule has 8 nitrogen and oxygen atoms in total. The van der Waals surface area contributed by atoms with Crippen molar-refractivity contribution in [2.75, 3.05) is 42.9 Å². The number of hydrogen-bond acceptors (Lipinski definition) is 5. The fourth-order valence-electron chi connectivity index (χ4n) is 4.21. The van der Waals surface area contributed by atoms with Crippen LogP contribution >= 0.6 is 0 Å². The molecule has 0 aromatic heterocycles. The average Bonchev–Trinajstić information content (AvgIpc) is 3.51. The summed E-state index contributed by atoms with van der Waals surface area (Å²) >= 11 is 0. The minimum absolute atomic E-state index is 0.0319. The van der Waals surface area contributed by atoms with E-state index in [1.807, 2.05) is 18.7 Å². The van der Waals surface area contributed by atoms with E-state index in [9.17, 15) is 18.0 Å². The first-order valence-electron chi connectivity index (χ1n) is 11.3. The fourth-order valence-corrected chi connectivity index (χ4v) is 5.69. The summed E-state index contributed by atoms with van der Waals surface area (Å²) in [6.07, 6.45) is 2.23. The van der Waals surface area contributed by atoms with Crippen LogP contribution in [0.15, 0.2) is 23.1 Å². The Labute approximate surface area is 185 Å². The van der Waals surface area contributed by atoms with Crippen molar-refractivity contribution < 1.29 is 18.0 Å². The lowest BCUT2D eigenvalue weighted by atomic mass is 10.1. The molecule has 9 heteroatoms. The van der Waals surface area contributed by atoms with Gasteiger partial charge in [-0.05, 0) is 44.9 Å². The summed E-state index contributed by atoms with van der Waals surface area (Å²) in [6.45, 7) is 10.3. The van der Waals surface area contributed by atoms with E-state index in [1.165, 1.54) is 4.31 Å². The fraction of sp³-hybridized carbons (Fsp3) is 0.636. The Balaban J connectivity index is 1.90. The topological polar surface area (TPSA) is 90.0 Å². The van der Waals surface area contributed by atoms with Crippen LogP contribution in [0.2, 0.25) is 0 Å². The molecule has 1 aliphatic heterocycles. The van der Waals surface area contributed by atoms with E-state index in [0.717, 1.165) is 31.6 Å². The molecule has 1 saturated heterocycles. The monoisotopic (exact) mass is 450 g/mol. The van der Waals surface area contributed by atoms with Crippen LogP contribution in [-0.4, -0.2) is 68.2 Å². The Morgan fingerprint density at radius 1 is 1.10 bits per heavy atom. The Morgan fingerprint density at radius 3 is 2.29 bits per heavy atom. The van der Waals surface area contributed by atoms with Crippen molar-refractivity contribution in [2.45, 2.75) is 57.9 Å². The van der Waals surface area contributed by atoms with Crippen LogP contribution in [0.4, 0.5) is 11.4 Å². The summed E-state index contributed by atoms with van der Waals surface area (Å²) in [6, 6.07) is 5.20. The highest BCUT2D eigenvalue weighted by Crippen LogP contribution is 2.34. The van der Waals surface area contributed by atoms with E-state index in [-0.39, 0.29) is 23.1 Å². The van der Waals surface area contributed by atoms with Crippen molar-refractivity contribution in [1.29, 1.82) is 0 Å². The van der Waals surface area contributed by atoms with Gasteiger partial charge in [0.2, 0.25) is 21.8 Å². The summed E-state index contributed by atoms with van der Waals surface area (Å²) < 4.78 is 27.4. The lowest BCUT2D eigenvalue weighted by Crippen LogP contribution is -2.32. The van der Waals surface area contributed by atoms with Crippen LogP contribution in [-0.2, 0) is 19.6 Å². The van der Waals surface area contributed by atoms with Gasteiger partial charge in [0, 0.05) is 45.2 Å². The quantitative estimate of drug-likeness (QED) is 0.592. The summed E-state index contributed by atoms with van der Waals surface area (Å²) in [7, 11) is -3.65. The molecule has 0 radical (unpaired) electrons. The van der Waals surface area contributed by atoms with Gasteiger partial charge in [-0.15, -0.1) is 0 Å². The molecule has 1 saturated carbocycles. The molecule has 1 unspecified atom stereocenters. The highest BCUT2D eigenvalue weighted by molar-refractivity contribution is 7.89. The van der Waals surface area contributed by atoms with Gasteiger partial charge < -0.3 is 15.1 Å². The number of sulfonamides is 1. The Kier molecular flexibility index (Phi) is 7.26. The summed E-state index contributed by atoms with van der Waals surface area (Å²) in [4.78, 5) is 29.4. The minimum Gasteiger partial charge on any atom is -0.370 e. The number of carbonyl (C=O) groups excluding carboxylic acids is 2. The number of hydrogen-bond donors (Lipinski definition) is 1. The molecule has 31 heavy (non-hydrogen) atoms. The van der Waals surface area contributed by atoms with Gasteiger partial charge in [0.25, 0.3) is 0 Å². The van der Waals surface area contributed by atoms with Gasteiger partial charge in [0.05, 0.1) is 22.2 Å². The lowest BCUT2D eigenvalue weighted by molar-refractivity contribution is -0.128. The number of rotatable bonds is 10. The van der Waals surface area contributed by atoms with Gasteiger partial charge in [-0.2, -0.15) is 4.31 Å². The zero-order chi connectivity index (χ0) is 22.8. The largest absolute Gasteiger partial charge is 0.370 e. The van der Waals surface area contributed by atoms with Crippen molar-refractivity contribution in [3.05, 3.63) is 18.2 Å². The van der Waals surface area contributed by atoms with Crippen LogP contribution in [0, 0.1) is 5.92 Å². The molecular weight excluding hydrogens is 416 g/mol. The number of likely N-dealkylation sites (tertiary alicyclic amines) is 1. The zero-order valence-corrected chi connectivity index (χ0v) is 19.7. The lowest BCUT2D eigenvalue weighted by Gasteiger charge is -2.26. The normalized spacial score (nSPS) is 19.2. The summed E-state index contributed by atoms with van der Waals surface area (Å²) in [5.41, 5.74) is 1.25. The van der Waals surface area contributed by atoms with Gasteiger partial charge in [-0.25, -0.2) is 8.42 Å². The molecule has 0 spiro atoms. The second kappa shape index (κ2) is 9.56. The first-order valence-corrected chi connectivity index (χ1v) is 12.7. The molecule has 172 valence electrons. The van der Waals surface area contributed by atoms with E-state index in [4.69, 9.17) is 0 Å². The molecule has 1 atom stereocenters. The van der Waals surface area contributed by atoms with Crippen LogP contribution < -0.4 is 10.2 Å². The van der Waals surface area contributed by atoms with Gasteiger partial charge in [-0.3, -0.25) is 9.59 Å². The molecule has 1 aromatic rings. The molecule has 1 heterocycles. The number of amides is 2. The van der Waals surface area contributed by atoms with Crippen LogP contribution in [0.3, 0.4) is 0 Å². The molecular formula is C22H34N4O4S. The standard InChI is InChI=1S/C22H34N4O4S/c1-5-24(6-2)20-12-11-18(31(29,30)25(7-3)8-4)14-19(20)23-22(28)16-13-21(27)26(15-16)17-9-10-17/h11-12,14,16-17H,5-10,13,15H2,1-4H3,(H,23,28). The van der Waals surface area contributed by atoms with Crippen molar-refractivity contribution in [3.63, 3.8) is 0 Å². The molecule has 3 rings (SSSR count). The van der Waals surface area contributed by atoms with Crippen molar-refractivity contribution >= 4 is 33.2 Å². The molecule has 1 aliphatic carbocycles. The van der Waals surface area contributed by atoms with E-state index >= 15 is 0 Å². The summed E-state index contributed by atoms with van der Waals surface area (Å²) in [5, 5.41) is 2.95. The van der Waals surface area contributed by atoms with Crippen molar-refractivity contribution in [3.8, 4) is 0 Å². The third-order valence-corrected chi connectivity index (χ3v) is 8.24. The Bertz CT molecular complexity index is 921. The van der Waals surface area contributed by atoms with Crippen molar-refractivity contribution in [2.24, 2.45) is 5.92 Å². The molecule has 1 aromatic carbocycles. The predicted octanol–water partition coefficient (Wildman–Crippen LogP) is 2.51. The van der Waals surface area contributed by atoms with Gasteiger partial charge in [-0.1, -0.05) is 13.8 Å². The molecule has 1 N–H and O–H groups in total. The molecule has 2 aliphatic rings. The first kappa shape index (κ1) is 23.5. The van der Waals surface area contributed by atoms with Crippen LogP contribution in [0.1, 0.15) is 47.0 Å². The maximum atomic E-state index is 13.0. The van der Waals surface area contributed by atoms with Gasteiger partial charge >= 0.3 is 0 Å². The summed E-state index contributed by atoms with van der Waals surface area (Å²) in [5.74, 6) is -0.618. The van der Waals surface area contributed by atoms with Gasteiger partial charge in [0.15, 0.2) is 0 Å². The van der Waals surface area contributed by atoms with E-state index < -0.39 is 15.9 Å². The zero-order valence-electron chi connectivity index (χ0n) is 18.9. The Morgan fingerprint density at radius 2 is 1.74 bits per heavy atom. The third kappa shape index (κ3) is 4.87. The second-order valence-corrected chi connectivity index (χ2v) is 10.0. The number of anilines is 2. The van der Waals surface area contributed by atoms with E-state index in [2.05, 4.69) is 10.2 Å². The van der Waals surface area contributed by atoms with E-state index in [0.29, 0.717) is 31.4 Å². The van der Waals surface area contributed by atoms with Crippen LogP contribution in [0.5, 0.6) is 0 Å². The number of carbonyl (C=O) groups is 2. The first-order chi connectivity index (χ1) is 14.8. The average molecular weight is 451 g/mol. The Hall–Kier alpha value is -2.13. The maximum Gasteiger partial charge on any atom is 0.243 e. The third-order valence-electron chi connectivity index (χ3n) is 6.19. The minimum atomic E-state index is -3.65. The number of nitrogens with one attached hydrogen (secondary N) is 1. The van der Waals surface area contributed by atoms with Crippen molar-refractivity contribution in [1.82, 2.24) is 9.21 Å². The number of nitrogens with zero attached hydrogens (tertiary/aromatic N) is 3. The second-order valence-electron chi connectivity index (χ2n) is 8.11. The highest BCUT2D eigenvalue weighted by atomic mass is 32.2. The molecule has 2 fully saturated rings. The molecule has 0 bridgehead atoms. The van der Waals surface area contributed by atoms with E-state index in [1.54, 1.807) is 32.0 Å². The number of benzene rings is 1. The highest BCUT2D eigenvalue weighted by Gasteiger charge is 2.42. The van der Waals surface area contributed by atoms with Crippen LogP contribution in [0.25, 0.3) is 0 Å². The smallest absolute Gasteiger partial charge is 0.243 e.